The Morgan fingerprint density at radius 1 is 0.943 bits per heavy atom. The van der Waals surface area contributed by atoms with Gasteiger partial charge in [-0.15, -0.1) is 0 Å². The number of fused-ring (bicyclic) bond motifs is 1. The lowest BCUT2D eigenvalue weighted by Gasteiger charge is -2.38. The molecule has 0 amide bonds. The van der Waals surface area contributed by atoms with Gasteiger partial charge in [0.05, 0.1) is 7.11 Å². The fourth-order valence-corrected chi connectivity index (χ4v) is 3.64. The highest BCUT2D eigenvalue weighted by atomic mass is 16.7. The van der Waals surface area contributed by atoms with Gasteiger partial charge in [0.25, 0.3) is 0 Å². The number of carbonyl (C=O) groups is 1. The van der Waals surface area contributed by atoms with E-state index < -0.39 is 70.3 Å². The summed E-state index contributed by atoms with van der Waals surface area (Å²) in [5.41, 5.74) is -1.08. The van der Waals surface area contributed by atoms with Crippen LogP contribution in [0, 0.1) is 0 Å². The molecule has 3 aromatic rings. The zero-order chi connectivity index (χ0) is 25.6. The monoisotopic (exact) mass is 492 g/mol. The molecule has 2 heterocycles. The molecule has 13 nitrogen and oxygen atoms in total. The van der Waals surface area contributed by atoms with Crippen LogP contribution >= 0.6 is 0 Å². The molecule has 0 bridgehead atoms. The van der Waals surface area contributed by atoms with Crippen molar-refractivity contribution in [3.63, 3.8) is 0 Å². The Balaban J connectivity index is 1.84. The number of carboxylic acid groups (broad SMARTS) is 1. The predicted octanol–water partition coefficient (Wildman–Crippen LogP) is -0.144. The molecule has 0 radical (unpaired) electrons. The number of ether oxygens (including phenoxy) is 3. The third-order valence-electron chi connectivity index (χ3n) is 5.43. The molecule has 1 aliphatic heterocycles. The van der Waals surface area contributed by atoms with Gasteiger partial charge in [0.1, 0.15) is 35.2 Å². The highest BCUT2D eigenvalue weighted by molar-refractivity contribution is 5.91. The number of phenolic OH excluding ortho intramolecular Hbond substituents is 3. The van der Waals surface area contributed by atoms with Crippen molar-refractivity contribution in [1.82, 2.24) is 0 Å². The molecule has 0 spiro atoms. The molecular weight excluding hydrogens is 472 g/mol. The third-order valence-corrected chi connectivity index (χ3v) is 5.43. The first-order valence-corrected chi connectivity index (χ1v) is 10.0. The molecule has 2 aromatic carbocycles. The molecule has 7 N–H and O–H groups in total. The number of aliphatic hydroxyl groups excluding tert-OH is 3. The van der Waals surface area contributed by atoms with Crippen LogP contribution < -0.4 is 14.9 Å². The number of hydrogen-bond donors (Lipinski definition) is 7. The maximum absolute atomic E-state index is 12.8. The molecule has 0 saturated carbocycles. The van der Waals surface area contributed by atoms with Crippen LogP contribution in [0.5, 0.6) is 28.7 Å². The summed E-state index contributed by atoms with van der Waals surface area (Å²) in [6.45, 7) is 0. The van der Waals surface area contributed by atoms with Gasteiger partial charge in [-0.05, 0) is 18.2 Å². The fourth-order valence-electron chi connectivity index (χ4n) is 3.64. The number of aliphatic hydroxyl groups is 3. The molecule has 186 valence electrons. The maximum atomic E-state index is 12.8. The summed E-state index contributed by atoms with van der Waals surface area (Å²) >= 11 is 0. The summed E-state index contributed by atoms with van der Waals surface area (Å²) in [6.07, 6.45) is -9.89. The Morgan fingerprint density at radius 2 is 1.66 bits per heavy atom. The first-order valence-electron chi connectivity index (χ1n) is 10.0. The van der Waals surface area contributed by atoms with E-state index in [9.17, 15) is 45.3 Å². The van der Waals surface area contributed by atoms with Crippen LogP contribution in [0.4, 0.5) is 0 Å². The molecule has 1 aromatic heterocycles. The lowest BCUT2D eigenvalue weighted by molar-refractivity contribution is -0.271. The molecule has 5 unspecified atom stereocenters. The van der Waals surface area contributed by atoms with E-state index in [-0.39, 0.29) is 22.8 Å². The normalized spacial score (nSPS) is 24.3. The number of rotatable bonds is 5. The number of aliphatic carboxylic acids is 1. The minimum Gasteiger partial charge on any atom is -0.507 e. The SMILES string of the molecule is COc1ccc(-c2cc(=O)c3c(O)cc(O)c(OC4OC(C(=O)O)C(O)C(O)C4O)c3o2)cc1O. The van der Waals surface area contributed by atoms with Crippen molar-refractivity contribution in [2.45, 2.75) is 30.7 Å². The summed E-state index contributed by atoms with van der Waals surface area (Å²) in [6, 6.07) is 5.85. The highest BCUT2D eigenvalue weighted by Crippen LogP contribution is 2.42. The summed E-state index contributed by atoms with van der Waals surface area (Å²) < 4.78 is 21.1. The smallest absolute Gasteiger partial charge is 0.335 e. The van der Waals surface area contributed by atoms with Gasteiger partial charge in [-0.3, -0.25) is 4.79 Å². The van der Waals surface area contributed by atoms with Gasteiger partial charge in [0, 0.05) is 17.7 Å². The van der Waals surface area contributed by atoms with E-state index in [1.54, 1.807) is 0 Å². The molecule has 5 atom stereocenters. The Labute approximate surface area is 195 Å². The van der Waals surface area contributed by atoms with Crippen molar-refractivity contribution in [3.05, 3.63) is 40.6 Å². The van der Waals surface area contributed by atoms with E-state index in [2.05, 4.69) is 0 Å². The second kappa shape index (κ2) is 8.96. The van der Waals surface area contributed by atoms with E-state index in [0.717, 1.165) is 12.1 Å². The van der Waals surface area contributed by atoms with Crippen LogP contribution in [0.2, 0.25) is 0 Å². The average Bonchev–Trinajstić information content (AvgIpc) is 2.80. The van der Waals surface area contributed by atoms with Gasteiger partial charge in [-0.2, -0.15) is 0 Å². The van der Waals surface area contributed by atoms with Crippen LogP contribution in [-0.4, -0.2) is 79.5 Å². The Hall–Kier alpha value is -4.04. The van der Waals surface area contributed by atoms with Gasteiger partial charge >= 0.3 is 5.97 Å². The first-order chi connectivity index (χ1) is 16.5. The highest BCUT2D eigenvalue weighted by Gasteiger charge is 2.48. The van der Waals surface area contributed by atoms with Crippen molar-refractivity contribution in [2.75, 3.05) is 7.11 Å². The van der Waals surface area contributed by atoms with Crippen molar-refractivity contribution in [2.24, 2.45) is 0 Å². The molecule has 1 aliphatic rings. The van der Waals surface area contributed by atoms with E-state index >= 15 is 0 Å². The lowest BCUT2D eigenvalue weighted by atomic mass is 9.99. The van der Waals surface area contributed by atoms with Crippen molar-refractivity contribution < 1.29 is 59.2 Å². The van der Waals surface area contributed by atoms with Crippen LogP contribution in [0.1, 0.15) is 0 Å². The second-order valence-electron chi connectivity index (χ2n) is 7.66. The van der Waals surface area contributed by atoms with Gasteiger partial charge in [0.15, 0.2) is 34.4 Å². The van der Waals surface area contributed by atoms with Crippen LogP contribution in [0.25, 0.3) is 22.3 Å². The van der Waals surface area contributed by atoms with E-state index in [0.29, 0.717) is 0 Å². The molecule has 13 heteroatoms. The second-order valence-corrected chi connectivity index (χ2v) is 7.66. The number of phenols is 3. The number of benzene rings is 2. The standard InChI is InChI=1S/C22H20O13/c1-32-12-3-2-7(4-8(12)23)13-6-10(25)14-9(24)5-11(26)18(19(14)33-13)34-22-17(29)15(27)16(28)20(35-22)21(30)31/h2-6,15-17,20,22-24,26-29H,1H3,(H,30,31). The van der Waals surface area contributed by atoms with Gasteiger partial charge in [0.2, 0.25) is 12.0 Å². The number of aromatic hydroxyl groups is 3. The van der Waals surface area contributed by atoms with Gasteiger partial charge < -0.3 is 54.4 Å². The lowest BCUT2D eigenvalue weighted by Crippen LogP contribution is -2.61. The zero-order valence-corrected chi connectivity index (χ0v) is 17.9. The maximum Gasteiger partial charge on any atom is 0.335 e. The summed E-state index contributed by atoms with van der Waals surface area (Å²) in [5, 5.41) is 69.5. The number of hydrogen-bond acceptors (Lipinski definition) is 12. The van der Waals surface area contributed by atoms with Crippen LogP contribution in [-0.2, 0) is 9.53 Å². The van der Waals surface area contributed by atoms with Crippen LogP contribution in [0.15, 0.2) is 39.5 Å². The molecule has 1 saturated heterocycles. The zero-order valence-electron chi connectivity index (χ0n) is 17.9. The third kappa shape index (κ3) is 4.17. The van der Waals surface area contributed by atoms with Crippen molar-refractivity contribution >= 4 is 16.9 Å². The van der Waals surface area contributed by atoms with E-state index in [1.165, 1.54) is 25.3 Å². The Bertz CT molecular complexity index is 1350. The van der Waals surface area contributed by atoms with Crippen LogP contribution in [0.3, 0.4) is 0 Å². The summed E-state index contributed by atoms with van der Waals surface area (Å²) in [4.78, 5) is 24.1. The predicted molar refractivity (Wildman–Crippen MR) is 114 cm³/mol. The fraction of sp³-hybridized carbons (Fsp3) is 0.273. The Morgan fingerprint density at radius 3 is 2.29 bits per heavy atom. The quantitative estimate of drug-likeness (QED) is 0.247. The molecular formula is C22H20O13. The number of carboxylic acids is 1. The topological polar surface area (TPSA) is 217 Å². The van der Waals surface area contributed by atoms with E-state index in [1.807, 2.05) is 0 Å². The van der Waals surface area contributed by atoms with Crippen molar-refractivity contribution in [3.8, 4) is 40.1 Å². The van der Waals surface area contributed by atoms with Crippen molar-refractivity contribution in [1.29, 1.82) is 0 Å². The largest absolute Gasteiger partial charge is 0.507 e. The minimum absolute atomic E-state index is 0.126. The first kappa shape index (κ1) is 24.1. The molecule has 0 aliphatic carbocycles. The molecule has 4 rings (SSSR count). The molecule has 1 fully saturated rings. The number of methoxy groups -OCH3 is 1. The summed E-state index contributed by atoms with van der Waals surface area (Å²) in [7, 11) is 1.34. The summed E-state index contributed by atoms with van der Waals surface area (Å²) in [5.74, 6) is -4.00. The van der Waals surface area contributed by atoms with Gasteiger partial charge in [-0.1, -0.05) is 0 Å². The van der Waals surface area contributed by atoms with E-state index in [4.69, 9.17) is 18.6 Å². The minimum atomic E-state index is -2.00. The Kier molecular flexibility index (Phi) is 6.17. The molecule has 35 heavy (non-hydrogen) atoms. The van der Waals surface area contributed by atoms with Gasteiger partial charge in [-0.25, -0.2) is 4.79 Å². The average molecular weight is 492 g/mol.